The van der Waals surface area contributed by atoms with E-state index in [0.29, 0.717) is 12.0 Å². The molecule has 1 fully saturated rings. The van der Waals surface area contributed by atoms with Gasteiger partial charge in [-0.15, -0.1) is 0 Å². The maximum absolute atomic E-state index is 5.32. The van der Waals surface area contributed by atoms with Gasteiger partial charge in [0.25, 0.3) is 0 Å². The van der Waals surface area contributed by atoms with Gasteiger partial charge >= 0.3 is 0 Å². The van der Waals surface area contributed by atoms with Crippen molar-refractivity contribution in [3.8, 4) is 0 Å². The van der Waals surface area contributed by atoms with E-state index in [2.05, 4.69) is 28.6 Å². The zero-order chi connectivity index (χ0) is 10.8. The monoisotopic (exact) mass is 225 g/mol. The Kier molecular flexibility index (Phi) is 3.24. The molecule has 15 heavy (non-hydrogen) atoms. The van der Waals surface area contributed by atoms with Gasteiger partial charge in [0, 0.05) is 12.0 Å². The van der Waals surface area contributed by atoms with Gasteiger partial charge in [-0.25, -0.2) is 0 Å². The van der Waals surface area contributed by atoms with Crippen LogP contribution in [0.25, 0.3) is 0 Å². The Morgan fingerprint density at radius 1 is 1.53 bits per heavy atom. The van der Waals surface area contributed by atoms with E-state index >= 15 is 0 Å². The van der Waals surface area contributed by atoms with Crippen molar-refractivity contribution in [2.24, 2.45) is 0 Å². The van der Waals surface area contributed by atoms with Gasteiger partial charge in [-0.1, -0.05) is 20.3 Å². The molecule has 0 spiro atoms. The Morgan fingerprint density at radius 2 is 2.27 bits per heavy atom. The van der Waals surface area contributed by atoms with E-state index in [9.17, 15) is 0 Å². The fourth-order valence-electron chi connectivity index (χ4n) is 2.15. The second-order valence-electron chi connectivity index (χ2n) is 4.38. The summed E-state index contributed by atoms with van der Waals surface area (Å²) in [4.78, 5) is 0. The van der Waals surface area contributed by atoms with Crippen molar-refractivity contribution in [2.45, 2.75) is 57.9 Å². The Hall–Kier alpha value is -0.640. The molecule has 1 aromatic heterocycles. The van der Waals surface area contributed by atoms with Crippen LogP contribution in [0.2, 0.25) is 0 Å². The number of hydrogen-bond donors (Lipinski definition) is 1. The third-order valence-corrected chi connectivity index (χ3v) is 3.42. The maximum Gasteiger partial charge on any atom is 0.195 e. The number of nitrogens with one attached hydrogen (secondary N) is 1. The number of H-pyrrole nitrogens is 1. The summed E-state index contributed by atoms with van der Waals surface area (Å²) < 4.78 is 3.06. The van der Waals surface area contributed by atoms with E-state index in [-0.39, 0.29) is 0 Å². The normalized spacial score (nSPS) is 18.0. The summed E-state index contributed by atoms with van der Waals surface area (Å²) in [6.07, 6.45) is 6.10. The molecule has 1 N–H and O–H groups in total. The number of aromatic amines is 1. The molecular weight excluding hydrogens is 206 g/mol. The van der Waals surface area contributed by atoms with Crippen LogP contribution in [0.4, 0.5) is 0 Å². The molecule has 1 aliphatic rings. The first kappa shape index (κ1) is 10.9. The van der Waals surface area contributed by atoms with E-state index in [1.165, 1.54) is 31.5 Å². The summed E-state index contributed by atoms with van der Waals surface area (Å²) in [6, 6.07) is 0.539. The SMILES string of the molecule is CCCC(CC)n1c(C2CC2)n[nH]c1=S. The van der Waals surface area contributed by atoms with Gasteiger partial charge in [0.1, 0.15) is 5.82 Å². The smallest absolute Gasteiger partial charge is 0.195 e. The topological polar surface area (TPSA) is 33.6 Å². The lowest BCUT2D eigenvalue weighted by molar-refractivity contribution is 0.429. The predicted octanol–water partition coefficient (Wildman–Crippen LogP) is 3.57. The van der Waals surface area contributed by atoms with Crippen LogP contribution < -0.4 is 0 Å². The minimum atomic E-state index is 0.539. The van der Waals surface area contributed by atoms with Crippen LogP contribution in [-0.2, 0) is 0 Å². The molecule has 0 bridgehead atoms. The highest BCUT2D eigenvalue weighted by molar-refractivity contribution is 7.71. The average molecular weight is 225 g/mol. The molecule has 2 rings (SSSR count). The van der Waals surface area contributed by atoms with Crippen molar-refractivity contribution < 1.29 is 0 Å². The molecule has 1 unspecified atom stereocenters. The van der Waals surface area contributed by atoms with Crippen LogP contribution in [-0.4, -0.2) is 14.8 Å². The maximum atomic E-state index is 5.32. The minimum absolute atomic E-state index is 0.539. The summed E-state index contributed by atoms with van der Waals surface area (Å²) in [5, 5.41) is 7.32. The van der Waals surface area contributed by atoms with Gasteiger partial charge in [-0.2, -0.15) is 5.10 Å². The largest absolute Gasteiger partial charge is 0.301 e. The van der Waals surface area contributed by atoms with Crippen molar-refractivity contribution in [1.82, 2.24) is 14.8 Å². The molecule has 0 saturated heterocycles. The van der Waals surface area contributed by atoms with Crippen molar-refractivity contribution in [3.63, 3.8) is 0 Å². The van der Waals surface area contributed by atoms with Crippen molar-refractivity contribution in [1.29, 1.82) is 0 Å². The van der Waals surface area contributed by atoms with Gasteiger partial charge in [0.2, 0.25) is 0 Å². The van der Waals surface area contributed by atoms with E-state index in [4.69, 9.17) is 12.2 Å². The van der Waals surface area contributed by atoms with Crippen LogP contribution >= 0.6 is 12.2 Å². The van der Waals surface area contributed by atoms with Crippen molar-refractivity contribution in [3.05, 3.63) is 10.6 Å². The molecule has 1 atom stereocenters. The third kappa shape index (κ3) is 2.14. The van der Waals surface area contributed by atoms with Crippen LogP contribution in [0.1, 0.15) is 63.7 Å². The summed E-state index contributed by atoms with van der Waals surface area (Å²) in [6.45, 7) is 4.45. The lowest BCUT2D eigenvalue weighted by Crippen LogP contribution is -2.11. The molecule has 4 heteroatoms. The first-order valence-corrected chi connectivity index (χ1v) is 6.35. The molecule has 1 saturated carbocycles. The molecule has 1 aromatic rings. The van der Waals surface area contributed by atoms with E-state index in [1.54, 1.807) is 0 Å². The fourth-order valence-corrected chi connectivity index (χ4v) is 2.44. The quantitative estimate of drug-likeness (QED) is 0.777. The zero-order valence-electron chi connectivity index (χ0n) is 9.49. The lowest BCUT2D eigenvalue weighted by atomic mass is 10.1. The number of nitrogens with zero attached hydrogens (tertiary/aromatic N) is 2. The molecular formula is C11H19N3S. The highest BCUT2D eigenvalue weighted by Crippen LogP contribution is 2.40. The molecule has 84 valence electrons. The summed E-state index contributed by atoms with van der Waals surface area (Å²) in [7, 11) is 0. The Morgan fingerprint density at radius 3 is 2.80 bits per heavy atom. The highest BCUT2D eigenvalue weighted by Gasteiger charge is 2.30. The predicted molar refractivity (Wildman–Crippen MR) is 63.6 cm³/mol. The molecule has 0 amide bonds. The summed E-state index contributed by atoms with van der Waals surface area (Å²) in [5.74, 6) is 1.86. The molecule has 0 aromatic carbocycles. The second-order valence-corrected chi connectivity index (χ2v) is 4.77. The van der Waals surface area contributed by atoms with Gasteiger partial charge in [0.15, 0.2) is 4.77 Å². The van der Waals surface area contributed by atoms with Crippen LogP contribution in [0.15, 0.2) is 0 Å². The van der Waals surface area contributed by atoms with Crippen LogP contribution in [0, 0.1) is 4.77 Å². The molecule has 1 heterocycles. The van der Waals surface area contributed by atoms with Gasteiger partial charge in [-0.05, 0) is 37.9 Å². The zero-order valence-corrected chi connectivity index (χ0v) is 10.3. The minimum Gasteiger partial charge on any atom is -0.301 e. The van der Waals surface area contributed by atoms with E-state index < -0.39 is 0 Å². The molecule has 0 radical (unpaired) electrons. The Bertz CT molecular complexity index is 375. The number of rotatable bonds is 5. The summed E-state index contributed by atoms with van der Waals surface area (Å²) >= 11 is 5.32. The van der Waals surface area contributed by atoms with Crippen LogP contribution in [0.3, 0.4) is 0 Å². The first-order chi connectivity index (χ1) is 7.27. The standard InChI is InChI=1S/C11H19N3S/c1-3-5-9(4-2)14-10(8-6-7-8)12-13-11(14)15/h8-9H,3-7H2,1-2H3,(H,13,15). The van der Waals surface area contributed by atoms with Crippen molar-refractivity contribution in [2.75, 3.05) is 0 Å². The van der Waals surface area contributed by atoms with E-state index in [1.807, 2.05) is 0 Å². The summed E-state index contributed by atoms with van der Waals surface area (Å²) in [5.41, 5.74) is 0. The highest BCUT2D eigenvalue weighted by atomic mass is 32.1. The third-order valence-electron chi connectivity index (χ3n) is 3.13. The van der Waals surface area contributed by atoms with Crippen molar-refractivity contribution >= 4 is 12.2 Å². The molecule has 3 nitrogen and oxygen atoms in total. The molecule has 0 aliphatic heterocycles. The van der Waals surface area contributed by atoms with Gasteiger partial charge in [0.05, 0.1) is 0 Å². The number of aromatic nitrogens is 3. The fraction of sp³-hybridized carbons (Fsp3) is 0.818. The van der Waals surface area contributed by atoms with Gasteiger partial charge < -0.3 is 4.57 Å². The second kappa shape index (κ2) is 4.47. The Balaban J connectivity index is 2.30. The first-order valence-electron chi connectivity index (χ1n) is 5.94. The van der Waals surface area contributed by atoms with E-state index in [0.717, 1.165) is 11.2 Å². The van der Waals surface area contributed by atoms with Crippen LogP contribution in [0.5, 0.6) is 0 Å². The lowest BCUT2D eigenvalue weighted by Gasteiger charge is -2.17. The molecule has 1 aliphatic carbocycles. The van der Waals surface area contributed by atoms with Gasteiger partial charge in [-0.3, -0.25) is 5.10 Å². The number of hydrogen-bond acceptors (Lipinski definition) is 2. The Labute approximate surface area is 95.9 Å². The average Bonchev–Trinajstić information content (AvgIpc) is 3.00.